The monoisotopic (exact) mass is 404 g/mol. The van der Waals surface area contributed by atoms with Crippen molar-refractivity contribution in [3.8, 4) is 23.0 Å². The van der Waals surface area contributed by atoms with Gasteiger partial charge in [-0.15, -0.1) is 0 Å². The fourth-order valence-electron chi connectivity index (χ4n) is 3.28. The van der Waals surface area contributed by atoms with Gasteiger partial charge in [-0.1, -0.05) is 18.2 Å². The molecule has 6 heteroatoms. The summed E-state index contributed by atoms with van der Waals surface area (Å²) in [5.74, 6) is 1.43. The maximum Gasteiger partial charge on any atom is 0.336 e. The van der Waals surface area contributed by atoms with E-state index in [1.54, 1.807) is 36.4 Å². The van der Waals surface area contributed by atoms with Crippen LogP contribution in [0.3, 0.4) is 0 Å². The van der Waals surface area contributed by atoms with Gasteiger partial charge in [0, 0.05) is 16.8 Å². The summed E-state index contributed by atoms with van der Waals surface area (Å²) >= 11 is 0. The topological polar surface area (TPSA) is 67.1 Å². The standard InChI is InChI=1S/C24H20O6/c1-26-21-12-15(13-22(27-2)24(21)28-3)8-11-23(25)29-16-9-10-20-18(14-16)17-6-4-5-7-19(17)30-20/h4-14H,1-3H3. The van der Waals surface area contributed by atoms with Crippen LogP contribution < -0.4 is 18.9 Å². The second-order valence-electron chi connectivity index (χ2n) is 6.47. The van der Waals surface area contributed by atoms with Gasteiger partial charge in [0.2, 0.25) is 5.75 Å². The van der Waals surface area contributed by atoms with Crippen LogP contribution in [0.25, 0.3) is 28.0 Å². The Balaban J connectivity index is 1.56. The molecule has 4 rings (SSSR count). The summed E-state index contributed by atoms with van der Waals surface area (Å²) in [6, 6.07) is 16.5. The maximum atomic E-state index is 12.3. The SMILES string of the molecule is COc1cc(C=CC(=O)Oc2ccc3oc4ccccc4c3c2)cc(OC)c1OC. The van der Waals surface area contributed by atoms with Crippen molar-refractivity contribution in [2.75, 3.05) is 21.3 Å². The van der Waals surface area contributed by atoms with E-state index in [0.29, 0.717) is 28.6 Å². The van der Waals surface area contributed by atoms with Gasteiger partial charge in [-0.2, -0.15) is 0 Å². The van der Waals surface area contributed by atoms with E-state index in [0.717, 1.165) is 21.9 Å². The number of hydrogen-bond donors (Lipinski definition) is 0. The van der Waals surface area contributed by atoms with Crippen molar-refractivity contribution in [1.29, 1.82) is 0 Å². The normalized spacial score (nSPS) is 11.2. The van der Waals surface area contributed by atoms with Gasteiger partial charge >= 0.3 is 5.97 Å². The molecule has 3 aromatic carbocycles. The van der Waals surface area contributed by atoms with Crippen molar-refractivity contribution >= 4 is 34.0 Å². The fraction of sp³-hybridized carbons (Fsp3) is 0.125. The molecule has 0 bridgehead atoms. The molecule has 1 heterocycles. The second kappa shape index (κ2) is 8.21. The smallest absolute Gasteiger partial charge is 0.336 e. The Morgan fingerprint density at radius 2 is 1.53 bits per heavy atom. The molecular formula is C24H20O6. The zero-order chi connectivity index (χ0) is 21.1. The maximum absolute atomic E-state index is 12.3. The van der Waals surface area contributed by atoms with E-state index in [-0.39, 0.29) is 0 Å². The first-order valence-corrected chi connectivity index (χ1v) is 9.24. The fourth-order valence-corrected chi connectivity index (χ4v) is 3.28. The average Bonchev–Trinajstić information content (AvgIpc) is 3.14. The molecule has 0 amide bonds. The van der Waals surface area contributed by atoms with Crippen LogP contribution in [0.4, 0.5) is 0 Å². The molecule has 0 unspecified atom stereocenters. The highest BCUT2D eigenvalue weighted by Crippen LogP contribution is 2.38. The third-order valence-electron chi connectivity index (χ3n) is 4.67. The number of hydrogen-bond acceptors (Lipinski definition) is 6. The number of furan rings is 1. The molecule has 4 aromatic rings. The highest BCUT2D eigenvalue weighted by Gasteiger charge is 2.13. The lowest BCUT2D eigenvalue weighted by atomic mass is 10.1. The molecule has 0 saturated carbocycles. The first-order chi connectivity index (χ1) is 14.6. The number of carbonyl (C=O) groups is 1. The van der Waals surface area contributed by atoms with Crippen LogP contribution in [0, 0.1) is 0 Å². The molecule has 0 fully saturated rings. The van der Waals surface area contributed by atoms with Gasteiger partial charge in [0.1, 0.15) is 16.9 Å². The van der Waals surface area contributed by atoms with Gasteiger partial charge in [-0.05, 0) is 48.0 Å². The van der Waals surface area contributed by atoms with Crippen LogP contribution in [-0.2, 0) is 4.79 Å². The molecule has 0 atom stereocenters. The molecule has 0 saturated heterocycles. The van der Waals surface area contributed by atoms with Gasteiger partial charge in [0.15, 0.2) is 11.5 Å². The van der Waals surface area contributed by atoms with Crippen LogP contribution in [0.2, 0.25) is 0 Å². The van der Waals surface area contributed by atoms with Crippen molar-refractivity contribution in [1.82, 2.24) is 0 Å². The minimum atomic E-state index is -0.504. The van der Waals surface area contributed by atoms with Crippen molar-refractivity contribution in [2.45, 2.75) is 0 Å². The molecular weight excluding hydrogens is 384 g/mol. The molecule has 30 heavy (non-hydrogen) atoms. The lowest BCUT2D eigenvalue weighted by Crippen LogP contribution is -2.03. The molecule has 152 valence electrons. The highest BCUT2D eigenvalue weighted by atomic mass is 16.5. The number of para-hydroxylation sites is 1. The van der Waals surface area contributed by atoms with Crippen molar-refractivity contribution in [2.24, 2.45) is 0 Å². The summed E-state index contributed by atoms with van der Waals surface area (Å²) in [6.07, 6.45) is 2.97. The van der Waals surface area contributed by atoms with Gasteiger partial charge < -0.3 is 23.4 Å². The lowest BCUT2D eigenvalue weighted by Gasteiger charge is -2.12. The minimum absolute atomic E-state index is 0.439. The van der Waals surface area contributed by atoms with E-state index in [9.17, 15) is 4.79 Å². The molecule has 0 aliphatic heterocycles. The molecule has 0 spiro atoms. The largest absolute Gasteiger partial charge is 0.493 e. The Morgan fingerprint density at radius 1 is 0.833 bits per heavy atom. The third kappa shape index (κ3) is 3.67. The zero-order valence-electron chi connectivity index (χ0n) is 16.8. The minimum Gasteiger partial charge on any atom is -0.493 e. The Labute approximate surface area is 173 Å². The molecule has 0 radical (unpaired) electrons. The number of fused-ring (bicyclic) bond motifs is 3. The quantitative estimate of drug-likeness (QED) is 0.249. The van der Waals surface area contributed by atoms with Crippen LogP contribution in [-0.4, -0.2) is 27.3 Å². The van der Waals surface area contributed by atoms with E-state index in [1.165, 1.54) is 27.4 Å². The number of carbonyl (C=O) groups excluding carboxylic acids is 1. The average molecular weight is 404 g/mol. The number of benzene rings is 3. The van der Waals surface area contributed by atoms with E-state index < -0.39 is 5.97 Å². The lowest BCUT2D eigenvalue weighted by molar-refractivity contribution is -0.128. The third-order valence-corrected chi connectivity index (χ3v) is 4.67. The van der Waals surface area contributed by atoms with E-state index in [4.69, 9.17) is 23.4 Å². The summed E-state index contributed by atoms with van der Waals surface area (Å²) in [4.78, 5) is 12.3. The number of ether oxygens (including phenoxy) is 4. The van der Waals surface area contributed by atoms with Crippen LogP contribution in [0.5, 0.6) is 23.0 Å². The predicted molar refractivity (Wildman–Crippen MR) is 114 cm³/mol. The zero-order valence-corrected chi connectivity index (χ0v) is 16.8. The first kappa shape index (κ1) is 19.4. The van der Waals surface area contributed by atoms with Gasteiger partial charge in [0.25, 0.3) is 0 Å². The van der Waals surface area contributed by atoms with Crippen molar-refractivity contribution < 1.29 is 28.2 Å². The van der Waals surface area contributed by atoms with Crippen molar-refractivity contribution in [3.05, 3.63) is 66.2 Å². The summed E-state index contributed by atoms with van der Waals surface area (Å²) in [5, 5.41) is 1.86. The number of methoxy groups -OCH3 is 3. The van der Waals surface area contributed by atoms with Crippen LogP contribution in [0.15, 0.2) is 65.1 Å². The Hall–Kier alpha value is -3.93. The Morgan fingerprint density at radius 3 is 2.23 bits per heavy atom. The first-order valence-electron chi connectivity index (χ1n) is 9.24. The molecule has 1 aromatic heterocycles. The number of esters is 1. The molecule has 0 aliphatic carbocycles. The molecule has 0 aliphatic rings. The predicted octanol–water partition coefficient (Wildman–Crippen LogP) is 5.23. The Bertz CT molecular complexity index is 1230. The van der Waals surface area contributed by atoms with Gasteiger partial charge in [0.05, 0.1) is 21.3 Å². The van der Waals surface area contributed by atoms with Crippen LogP contribution in [0.1, 0.15) is 5.56 Å². The van der Waals surface area contributed by atoms with Crippen LogP contribution >= 0.6 is 0 Å². The highest BCUT2D eigenvalue weighted by molar-refractivity contribution is 6.05. The Kier molecular flexibility index (Phi) is 5.30. The molecule has 0 N–H and O–H groups in total. The summed E-state index contributed by atoms with van der Waals surface area (Å²) in [5.41, 5.74) is 2.24. The summed E-state index contributed by atoms with van der Waals surface area (Å²) < 4.78 is 27.2. The summed E-state index contributed by atoms with van der Waals surface area (Å²) in [7, 11) is 4.61. The van der Waals surface area contributed by atoms with Gasteiger partial charge in [-0.25, -0.2) is 4.79 Å². The number of rotatable bonds is 6. The van der Waals surface area contributed by atoms with E-state index in [2.05, 4.69) is 0 Å². The summed E-state index contributed by atoms with van der Waals surface area (Å²) in [6.45, 7) is 0. The van der Waals surface area contributed by atoms with Crippen molar-refractivity contribution in [3.63, 3.8) is 0 Å². The van der Waals surface area contributed by atoms with E-state index >= 15 is 0 Å². The van der Waals surface area contributed by atoms with E-state index in [1.807, 2.05) is 24.3 Å². The van der Waals surface area contributed by atoms with Gasteiger partial charge in [-0.3, -0.25) is 0 Å². The second-order valence-corrected chi connectivity index (χ2v) is 6.47. The molecule has 6 nitrogen and oxygen atoms in total.